The van der Waals surface area contributed by atoms with Crippen LogP contribution in [0.4, 0.5) is 5.69 Å². The molecule has 0 radical (unpaired) electrons. The zero-order valence-corrected chi connectivity index (χ0v) is 14.2. The van der Waals surface area contributed by atoms with Gasteiger partial charge >= 0.3 is 5.97 Å². The molecule has 7 nitrogen and oxygen atoms in total. The van der Waals surface area contributed by atoms with E-state index in [1.807, 2.05) is 25.1 Å². The number of nitrogens with zero attached hydrogens (tertiary/aromatic N) is 1. The van der Waals surface area contributed by atoms with E-state index in [0.29, 0.717) is 41.7 Å². The van der Waals surface area contributed by atoms with Crippen LogP contribution >= 0.6 is 0 Å². The van der Waals surface area contributed by atoms with Crippen molar-refractivity contribution in [3.8, 4) is 17.2 Å². The summed E-state index contributed by atoms with van der Waals surface area (Å²) < 4.78 is 21.2. The van der Waals surface area contributed by atoms with Gasteiger partial charge in [0.1, 0.15) is 12.4 Å². The molecule has 134 valence electrons. The number of esters is 1. The second-order valence-corrected chi connectivity index (χ2v) is 6.01. The standard InChI is InChI=1S/C19H17NO6/c1-12-2-4-15-14(8-12)20(6-7-23-15)18(21)10-24-19(22)13-3-5-16-17(9-13)26-11-25-16/h2-5,8-9H,6-7,10-11H2,1H3. The number of rotatable bonds is 3. The van der Waals surface area contributed by atoms with Crippen molar-refractivity contribution >= 4 is 17.6 Å². The van der Waals surface area contributed by atoms with Crippen LogP contribution in [0.25, 0.3) is 0 Å². The monoisotopic (exact) mass is 355 g/mol. The van der Waals surface area contributed by atoms with Crippen molar-refractivity contribution in [1.29, 1.82) is 0 Å². The lowest BCUT2D eigenvalue weighted by Gasteiger charge is -2.29. The van der Waals surface area contributed by atoms with Crippen LogP contribution in [0.1, 0.15) is 15.9 Å². The molecule has 4 rings (SSSR count). The SMILES string of the molecule is Cc1ccc2c(c1)N(C(=O)COC(=O)c1ccc3c(c1)OCO3)CCO2. The zero-order chi connectivity index (χ0) is 18.1. The molecule has 0 aliphatic carbocycles. The van der Waals surface area contributed by atoms with E-state index in [9.17, 15) is 9.59 Å². The Hall–Kier alpha value is -3.22. The summed E-state index contributed by atoms with van der Waals surface area (Å²) in [5, 5.41) is 0. The largest absolute Gasteiger partial charge is 0.490 e. The molecule has 0 saturated carbocycles. The molecule has 26 heavy (non-hydrogen) atoms. The fourth-order valence-electron chi connectivity index (χ4n) is 2.90. The van der Waals surface area contributed by atoms with Crippen LogP contribution in [0, 0.1) is 6.92 Å². The normalized spacial score (nSPS) is 14.4. The van der Waals surface area contributed by atoms with Crippen LogP contribution in [0.15, 0.2) is 36.4 Å². The second kappa shape index (κ2) is 6.59. The van der Waals surface area contributed by atoms with Crippen LogP contribution in [0.5, 0.6) is 17.2 Å². The smallest absolute Gasteiger partial charge is 0.338 e. The summed E-state index contributed by atoms with van der Waals surface area (Å²) in [6, 6.07) is 10.4. The molecule has 0 atom stereocenters. The molecule has 0 spiro atoms. The van der Waals surface area contributed by atoms with E-state index < -0.39 is 5.97 Å². The van der Waals surface area contributed by atoms with E-state index >= 15 is 0 Å². The molecule has 2 aromatic carbocycles. The summed E-state index contributed by atoms with van der Waals surface area (Å²) in [7, 11) is 0. The Balaban J connectivity index is 1.43. The summed E-state index contributed by atoms with van der Waals surface area (Å²) in [5.74, 6) is 0.835. The third-order valence-electron chi connectivity index (χ3n) is 4.21. The second-order valence-electron chi connectivity index (χ2n) is 6.01. The number of anilines is 1. The van der Waals surface area contributed by atoms with Gasteiger partial charge in [-0.3, -0.25) is 4.79 Å². The van der Waals surface area contributed by atoms with Gasteiger partial charge in [-0.25, -0.2) is 4.79 Å². The number of fused-ring (bicyclic) bond motifs is 2. The number of hydrogen-bond acceptors (Lipinski definition) is 6. The molecule has 2 aliphatic rings. The summed E-state index contributed by atoms with van der Waals surface area (Å²) >= 11 is 0. The van der Waals surface area contributed by atoms with Crippen molar-refractivity contribution in [1.82, 2.24) is 0 Å². The Morgan fingerprint density at radius 2 is 1.85 bits per heavy atom. The molecular weight excluding hydrogens is 338 g/mol. The molecule has 0 aromatic heterocycles. The first-order valence-corrected chi connectivity index (χ1v) is 8.22. The number of carbonyl (C=O) groups excluding carboxylic acids is 2. The van der Waals surface area contributed by atoms with E-state index in [2.05, 4.69) is 0 Å². The first-order chi connectivity index (χ1) is 12.6. The van der Waals surface area contributed by atoms with Gasteiger partial charge in [0.15, 0.2) is 18.1 Å². The highest BCUT2D eigenvalue weighted by atomic mass is 16.7. The Labute approximate surface area is 150 Å². The van der Waals surface area contributed by atoms with Crippen LogP contribution in [0.3, 0.4) is 0 Å². The first kappa shape index (κ1) is 16.3. The molecule has 7 heteroatoms. The Morgan fingerprint density at radius 1 is 1.04 bits per heavy atom. The van der Waals surface area contributed by atoms with Crippen molar-refractivity contribution < 1.29 is 28.5 Å². The van der Waals surface area contributed by atoms with Crippen LogP contribution in [-0.2, 0) is 9.53 Å². The maximum atomic E-state index is 12.5. The van der Waals surface area contributed by atoms with Crippen molar-refractivity contribution in [3.05, 3.63) is 47.5 Å². The van der Waals surface area contributed by atoms with Gasteiger partial charge in [-0.1, -0.05) is 6.07 Å². The van der Waals surface area contributed by atoms with Gasteiger partial charge in [0.05, 0.1) is 17.8 Å². The van der Waals surface area contributed by atoms with Crippen LogP contribution < -0.4 is 19.1 Å². The van der Waals surface area contributed by atoms with Crippen molar-refractivity contribution in [3.63, 3.8) is 0 Å². The Morgan fingerprint density at radius 3 is 2.73 bits per heavy atom. The molecule has 2 heterocycles. The molecular formula is C19H17NO6. The Bertz CT molecular complexity index is 878. The highest BCUT2D eigenvalue weighted by molar-refractivity contribution is 5.98. The highest BCUT2D eigenvalue weighted by Gasteiger charge is 2.25. The molecule has 0 bridgehead atoms. The summed E-state index contributed by atoms with van der Waals surface area (Å²) in [6.45, 7) is 2.54. The minimum Gasteiger partial charge on any atom is -0.490 e. The fraction of sp³-hybridized carbons (Fsp3) is 0.263. The molecule has 2 aliphatic heterocycles. The summed E-state index contributed by atoms with van der Waals surface area (Å²) in [6.07, 6.45) is 0. The van der Waals surface area contributed by atoms with E-state index in [1.54, 1.807) is 23.1 Å². The predicted molar refractivity (Wildman–Crippen MR) is 91.9 cm³/mol. The number of benzene rings is 2. The van der Waals surface area contributed by atoms with E-state index in [4.69, 9.17) is 18.9 Å². The number of hydrogen-bond donors (Lipinski definition) is 0. The van der Waals surface area contributed by atoms with Gasteiger partial charge in [-0.15, -0.1) is 0 Å². The quantitative estimate of drug-likeness (QED) is 0.787. The lowest BCUT2D eigenvalue weighted by atomic mass is 10.1. The zero-order valence-electron chi connectivity index (χ0n) is 14.2. The predicted octanol–water partition coefficient (Wildman–Crippen LogP) is 2.31. The van der Waals surface area contributed by atoms with Gasteiger partial charge in [0, 0.05) is 0 Å². The van der Waals surface area contributed by atoms with E-state index in [-0.39, 0.29) is 19.3 Å². The van der Waals surface area contributed by atoms with Gasteiger partial charge in [0.25, 0.3) is 5.91 Å². The van der Waals surface area contributed by atoms with Gasteiger partial charge < -0.3 is 23.8 Å². The van der Waals surface area contributed by atoms with E-state index in [1.165, 1.54) is 0 Å². The lowest BCUT2D eigenvalue weighted by Crippen LogP contribution is -2.40. The van der Waals surface area contributed by atoms with Gasteiger partial charge in [-0.05, 0) is 42.8 Å². The third kappa shape index (κ3) is 3.03. The molecule has 2 aromatic rings. The molecule has 0 saturated heterocycles. The van der Waals surface area contributed by atoms with Crippen LogP contribution in [0.2, 0.25) is 0 Å². The van der Waals surface area contributed by atoms with Crippen molar-refractivity contribution in [2.45, 2.75) is 6.92 Å². The molecule has 0 unspecified atom stereocenters. The summed E-state index contributed by atoms with van der Waals surface area (Å²) in [5.41, 5.74) is 2.02. The first-order valence-electron chi connectivity index (χ1n) is 8.22. The average Bonchev–Trinajstić information content (AvgIpc) is 3.13. The third-order valence-corrected chi connectivity index (χ3v) is 4.21. The Kier molecular flexibility index (Phi) is 4.12. The van der Waals surface area contributed by atoms with E-state index in [0.717, 1.165) is 5.56 Å². The summed E-state index contributed by atoms with van der Waals surface area (Å²) in [4.78, 5) is 26.3. The lowest BCUT2D eigenvalue weighted by molar-refractivity contribution is -0.121. The molecule has 0 N–H and O–H groups in total. The minimum atomic E-state index is -0.589. The molecule has 0 fully saturated rings. The fourth-order valence-corrected chi connectivity index (χ4v) is 2.90. The maximum Gasteiger partial charge on any atom is 0.338 e. The van der Waals surface area contributed by atoms with Crippen molar-refractivity contribution in [2.75, 3.05) is 31.5 Å². The number of carbonyl (C=O) groups is 2. The van der Waals surface area contributed by atoms with Gasteiger partial charge in [-0.2, -0.15) is 0 Å². The number of aryl methyl sites for hydroxylation is 1. The number of ether oxygens (including phenoxy) is 4. The maximum absolute atomic E-state index is 12.5. The molecule has 1 amide bonds. The van der Waals surface area contributed by atoms with Crippen molar-refractivity contribution in [2.24, 2.45) is 0 Å². The average molecular weight is 355 g/mol. The minimum absolute atomic E-state index is 0.127. The highest BCUT2D eigenvalue weighted by Crippen LogP contribution is 2.33. The van der Waals surface area contributed by atoms with Crippen LogP contribution in [-0.4, -0.2) is 38.4 Å². The number of amides is 1. The topological polar surface area (TPSA) is 74.3 Å². The van der Waals surface area contributed by atoms with Gasteiger partial charge in [0.2, 0.25) is 6.79 Å².